The maximum atomic E-state index is 5.32. The van der Waals surface area contributed by atoms with E-state index in [0.717, 1.165) is 24.5 Å². The van der Waals surface area contributed by atoms with Gasteiger partial charge in [-0.1, -0.05) is 19.8 Å². The van der Waals surface area contributed by atoms with Crippen molar-refractivity contribution in [1.29, 1.82) is 0 Å². The van der Waals surface area contributed by atoms with Crippen molar-refractivity contribution < 1.29 is 4.74 Å². The van der Waals surface area contributed by atoms with Crippen LogP contribution in [0.3, 0.4) is 0 Å². The number of nitrogens with zero attached hydrogens (tertiary/aromatic N) is 1. The summed E-state index contributed by atoms with van der Waals surface area (Å²) >= 11 is 0. The van der Waals surface area contributed by atoms with Gasteiger partial charge in [-0.3, -0.25) is 4.90 Å². The van der Waals surface area contributed by atoms with Crippen molar-refractivity contribution in [3.05, 3.63) is 0 Å². The maximum absolute atomic E-state index is 5.32. The Kier molecular flexibility index (Phi) is 6.79. The highest BCUT2D eigenvalue weighted by atomic mass is 16.5. The molecule has 0 amide bonds. The average molecular weight is 282 g/mol. The second-order valence-electron chi connectivity index (χ2n) is 6.86. The Morgan fingerprint density at radius 3 is 2.45 bits per heavy atom. The number of likely N-dealkylation sites (tertiary alicyclic amines) is 1. The van der Waals surface area contributed by atoms with Crippen LogP contribution >= 0.6 is 0 Å². The molecule has 0 bridgehead atoms. The molecule has 1 aliphatic heterocycles. The number of nitrogens with one attached hydrogen (secondary N) is 1. The molecule has 1 heterocycles. The summed E-state index contributed by atoms with van der Waals surface area (Å²) in [5.74, 6) is 1.76. The fraction of sp³-hybridized carbons (Fsp3) is 1.00. The van der Waals surface area contributed by atoms with Crippen LogP contribution in [-0.2, 0) is 4.74 Å². The summed E-state index contributed by atoms with van der Waals surface area (Å²) in [6.45, 7) is 5.83. The molecule has 2 aliphatic rings. The number of likely N-dealkylation sites (N-methyl/N-ethyl adjacent to an activating group) is 1. The van der Waals surface area contributed by atoms with Crippen molar-refractivity contribution in [3.8, 4) is 0 Å². The van der Waals surface area contributed by atoms with Crippen LogP contribution in [-0.4, -0.2) is 50.8 Å². The maximum Gasteiger partial charge on any atom is 0.0491 e. The van der Waals surface area contributed by atoms with E-state index in [1.54, 1.807) is 0 Å². The highest BCUT2D eigenvalue weighted by Gasteiger charge is 2.34. The van der Waals surface area contributed by atoms with Gasteiger partial charge in [-0.25, -0.2) is 0 Å². The summed E-state index contributed by atoms with van der Waals surface area (Å²) in [7, 11) is 3.98. The predicted octanol–water partition coefficient (Wildman–Crippen LogP) is 2.90. The first kappa shape index (κ1) is 16.3. The molecule has 2 fully saturated rings. The van der Waals surface area contributed by atoms with Gasteiger partial charge in [-0.05, 0) is 64.1 Å². The van der Waals surface area contributed by atoms with E-state index in [1.165, 1.54) is 58.0 Å². The third kappa shape index (κ3) is 4.19. The number of piperidine rings is 1. The van der Waals surface area contributed by atoms with Crippen LogP contribution < -0.4 is 5.32 Å². The highest BCUT2D eigenvalue weighted by molar-refractivity contribution is 4.92. The predicted molar refractivity (Wildman–Crippen MR) is 85.1 cm³/mol. The second-order valence-corrected chi connectivity index (χ2v) is 6.86. The van der Waals surface area contributed by atoms with Gasteiger partial charge in [0.25, 0.3) is 0 Å². The topological polar surface area (TPSA) is 24.5 Å². The average Bonchev–Trinajstić information content (AvgIpc) is 2.49. The van der Waals surface area contributed by atoms with Crippen molar-refractivity contribution >= 4 is 0 Å². The van der Waals surface area contributed by atoms with Crippen LogP contribution in [0.4, 0.5) is 0 Å². The molecule has 3 atom stereocenters. The largest absolute Gasteiger partial charge is 0.384 e. The zero-order chi connectivity index (χ0) is 14.4. The van der Waals surface area contributed by atoms with Crippen LogP contribution in [0.15, 0.2) is 0 Å². The van der Waals surface area contributed by atoms with Gasteiger partial charge in [0.1, 0.15) is 0 Å². The Morgan fingerprint density at radius 1 is 1.10 bits per heavy atom. The van der Waals surface area contributed by atoms with E-state index >= 15 is 0 Å². The first-order chi connectivity index (χ1) is 9.78. The molecule has 118 valence electrons. The molecule has 1 N–H and O–H groups in total. The van der Waals surface area contributed by atoms with E-state index in [9.17, 15) is 0 Å². The van der Waals surface area contributed by atoms with Gasteiger partial charge in [0.2, 0.25) is 0 Å². The molecule has 1 saturated heterocycles. The van der Waals surface area contributed by atoms with Crippen LogP contribution in [0, 0.1) is 11.8 Å². The van der Waals surface area contributed by atoms with Crippen LogP contribution in [0.5, 0.6) is 0 Å². The summed E-state index contributed by atoms with van der Waals surface area (Å²) in [4.78, 5) is 2.77. The van der Waals surface area contributed by atoms with Crippen LogP contribution in [0.2, 0.25) is 0 Å². The summed E-state index contributed by atoms with van der Waals surface area (Å²) in [6, 6.07) is 1.48. The zero-order valence-electron chi connectivity index (χ0n) is 13.7. The minimum absolute atomic E-state index is 0.710. The van der Waals surface area contributed by atoms with Gasteiger partial charge in [0.05, 0.1) is 0 Å². The Morgan fingerprint density at radius 2 is 1.85 bits per heavy atom. The molecule has 1 saturated carbocycles. The third-order valence-corrected chi connectivity index (χ3v) is 5.51. The van der Waals surface area contributed by atoms with Gasteiger partial charge in [0.15, 0.2) is 0 Å². The van der Waals surface area contributed by atoms with Crippen LogP contribution in [0.1, 0.15) is 51.9 Å². The van der Waals surface area contributed by atoms with E-state index in [2.05, 4.69) is 24.2 Å². The van der Waals surface area contributed by atoms with Gasteiger partial charge < -0.3 is 10.1 Å². The van der Waals surface area contributed by atoms with Crippen molar-refractivity contribution in [2.24, 2.45) is 11.8 Å². The van der Waals surface area contributed by atoms with Crippen molar-refractivity contribution in [3.63, 3.8) is 0 Å². The molecule has 3 unspecified atom stereocenters. The summed E-state index contributed by atoms with van der Waals surface area (Å²) in [5.41, 5.74) is 0. The molecule has 0 aromatic rings. The van der Waals surface area contributed by atoms with Crippen molar-refractivity contribution in [2.75, 3.05) is 33.9 Å². The van der Waals surface area contributed by atoms with Crippen molar-refractivity contribution in [1.82, 2.24) is 10.2 Å². The first-order valence-corrected chi connectivity index (χ1v) is 8.68. The van der Waals surface area contributed by atoms with E-state index < -0.39 is 0 Å². The Hall–Kier alpha value is -0.120. The lowest BCUT2D eigenvalue weighted by Crippen LogP contribution is -2.54. The Labute approximate surface area is 125 Å². The van der Waals surface area contributed by atoms with E-state index in [1.807, 2.05) is 7.11 Å². The molecule has 3 heteroatoms. The molecule has 0 aromatic carbocycles. The third-order valence-electron chi connectivity index (χ3n) is 5.51. The lowest BCUT2D eigenvalue weighted by atomic mass is 9.78. The smallest absolute Gasteiger partial charge is 0.0491 e. The molecular weight excluding hydrogens is 248 g/mol. The monoisotopic (exact) mass is 282 g/mol. The normalized spacial score (nSPS) is 33.5. The SMILES string of the molecule is CCCC1CCC(NC)C(N2CCC(COC)CC2)C1. The van der Waals surface area contributed by atoms with E-state index in [0.29, 0.717) is 6.04 Å². The highest BCUT2D eigenvalue weighted by Crippen LogP contribution is 2.33. The summed E-state index contributed by atoms with van der Waals surface area (Å²) in [5, 5.41) is 3.58. The standard InChI is InChI=1S/C17H34N2O/c1-4-5-14-6-7-16(18-2)17(12-14)19-10-8-15(9-11-19)13-20-3/h14-18H,4-13H2,1-3H3. The number of rotatable bonds is 6. The minimum atomic E-state index is 0.710. The Balaban J connectivity index is 1.87. The second kappa shape index (κ2) is 8.35. The fourth-order valence-electron chi connectivity index (χ4n) is 4.33. The molecule has 0 radical (unpaired) electrons. The van der Waals surface area contributed by atoms with Gasteiger partial charge in [-0.2, -0.15) is 0 Å². The summed E-state index contributed by atoms with van der Waals surface area (Å²) in [6.07, 6.45) is 9.61. The van der Waals surface area contributed by atoms with Crippen LogP contribution in [0.25, 0.3) is 0 Å². The molecule has 0 spiro atoms. The van der Waals surface area contributed by atoms with Gasteiger partial charge in [-0.15, -0.1) is 0 Å². The number of hydrogen-bond donors (Lipinski definition) is 1. The minimum Gasteiger partial charge on any atom is -0.384 e. The molecule has 2 rings (SSSR count). The molecular formula is C17H34N2O. The zero-order valence-corrected chi connectivity index (χ0v) is 13.7. The van der Waals surface area contributed by atoms with E-state index in [-0.39, 0.29) is 0 Å². The van der Waals surface area contributed by atoms with Gasteiger partial charge in [0, 0.05) is 25.8 Å². The summed E-state index contributed by atoms with van der Waals surface area (Å²) < 4.78 is 5.32. The first-order valence-electron chi connectivity index (χ1n) is 8.68. The van der Waals surface area contributed by atoms with E-state index in [4.69, 9.17) is 4.74 Å². The molecule has 0 aromatic heterocycles. The molecule has 20 heavy (non-hydrogen) atoms. The molecule has 3 nitrogen and oxygen atoms in total. The van der Waals surface area contributed by atoms with Gasteiger partial charge >= 0.3 is 0 Å². The number of methoxy groups -OCH3 is 1. The lowest BCUT2D eigenvalue weighted by molar-refractivity contribution is 0.0446. The molecule has 1 aliphatic carbocycles. The fourth-order valence-corrected chi connectivity index (χ4v) is 4.33. The number of hydrogen-bond acceptors (Lipinski definition) is 3. The number of ether oxygens (including phenoxy) is 1. The van der Waals surface area contributed by atoms with Crippen molar-refractivity contribution in [2.45, 2.75) is 64.0 Å². The lowest BCUT2D eigenvalue weighted by Gasteiger charge is -2.45. The Bertz CT molecular complexity index is 264. The quantitative estimate of drug-likeness (QED) is 0.811.